The summed E-state index contributed by atoms with van der Waals surface area (Å²) in [7, 11) is -4.03. The molecule has 38 heavy (non-hydrogen) atoms. The molecule has 0 spiro atoms. The predicted octanol–water partition coefficient (Wildman–Crippen LogP) is 7.35. The molecule has 0 aliphatic carbocycles. The number of nitrogens with one attached hydrogen (secondary N) is 2. The van der Waals surface area contributed by atoms with Crippen LogP contribution in [0.5, 0.6) is 0 Å². The van der Waals surface area contributed by atoms with Crippen molar-refractivity contribution in [3.8, 4) is 0 Å². The number of hydrogen-bond acceptors (Lipinski definition) is 7. The van der Waals surface area contributed by atoms with Crippen LogP contribution in [0.2, 0.25) is 10.0 Å². The number of aromatic nitrogens is 3. The highest BCUT2D eigenvalue weighted by atomic mass is 35.5. The fraction of sp³-hybridized carbons (Fsp3) is 0.400. The van der Waals surface area contributed by atoms with Gasteiger partial charge in [0.2, 0.25) is 0 Å². The zero-order chi connectivity index (χ0) is 27.9. The molecular formula is C25H31Cl2N4O5PS. The summed E-state index contributed by atoms with van der Waals surface area (Å²) < 4.78 is 23.1. The second-order valence-electron chi connectivity index (χ2n) is 8.95. The normalized spacial score (nSPS) is 14.6. The molecule has 0 saturated carbocycles. The average Bonchev–Trinajstić information content (AvgIpc) is 3.26. The highest BCUT2D eigenvalue weighted by Crippen LogP contribution is 2.42. The Labute approximate surface area is 236 Å². The van der Waals surface area contributed by atoms with Gasteiger partial charge in [-0.05, 0) is 55.2 Å². The van der Waals surface area contributed by atoms with Crippen LogP contribution in [-0.2, 0) is 20.2 Å². The highest BCUT2D eigenvalue weighted by Gasteiger charge is 2.27. The number of benzene rings is 1. The Bertz CT molecular complexity index is 1260. The lowest BCUT2D eigenvalue weighted by Crippen LogP contribution is -2.29. The lowest BCUT2D eigenvalue weighted by molar-refractivity contribution is 0.0930. The van der Waals surface area contributed by atoms with Crippen LogP contribution >= 0.6 is 42.6 Å². The van der Waals surface area contributed by atoms with Gasteiger partial charge in [-0.3, -0.25) is 9.55 Å². The van der Waals surface area contributed by atoms with E-state index in [1.807, 2.05) is 32.9 Å². The monoisotopic (exact) mass is 600 g/mol. The lowest BCUT2D eigenvalue weighted by atomic mass is 10.1. The maximum atomic E-state index is 12.7. The number of aromatic amines is 1. The van der Waals surface area contributed by atoms with Gasteiger partial charge < -0.3 is 24.5 Å². The molecule has 0 aliphatic heterocycles. The van der Waals surface area contributed by atoms with Gasteiger partial charge in [-0.1, -0.05) is 55.7 Å². The van der Waals surface area contributed by atoms with E-state index < -0.39 is 32.2 Å². The number of imidazole rings is 1. The number of hydrogen-bond donors (Lipinski definition) is 3. The quantitative estimate of drug-likeness (QED) is 0.184. The van der Waals surface area contributed by atoms with Crippen molar-refractivity contribution in [2.45, 2.75) is 68.6 Å². The van der Waals surface area contributed by atoms with Gasteiger partial charge in [0.25, 0.3) is 0 Å². The van der Waals surface area contributed by atoms with Crippen LogP contribution in [0.1, 0.15) is 63.2 Å². The average molecular weight is 601 g/mol. The molecule has 206 valence electrons. The zero-order valence-electron chi connectivity index (χ0n) is 21.5. The Hall–Kier alpha value is -2.07. The van der Waals surface area contributed by atoms with Gasteiger partial charge in [0.1, 0.15) is 17.1 Å². The van der Waals surface area contributed by atoms with Crippen molar-refractivity contribution >= 4 is 48.7 Å². The van der Waals surface area contributed by atoms with Crippen LogP contribution in [-0.4, -0.2) is 38.3 Å². The number of ether oxygens (including phenoxy) is 1. The summed E-state index contributed by atoms with van der Waals surface area (Å²) in [4.78, 5) is 35.7. The maximum Gasteiger partial charge on any atom is 0.408 e. The second kappa shape index (κ2) is 13.8. The third kappa shape index (κ3) is 9.29. The fourth-order valence-electron chi connectivity index (χ4n) is 3.37. The lowest BCUT2D eigenvalue weighted by Gasteiger charge is -2.19. The fourth-order valence-corrected chi connectivity index (χ4v) is 6.27. The first kappa shape index (κ1) is 30.5. The van der Waals surface area contributed by atoms with Crippen LogP contribution in [0.3, 0.4) is 0 Å². The van der Waals surface area contributed by atoms with Crippen molar-refractivity contribution in [3.05, 3.63) is 69.9 Å². The molecule has 0 fully saturated rings. The topological polar surface area (TPSA) is 126 Å². The van der Waals surface area contributed by atoms with E-state index in [9.17, 15) is 14.3 Å². The molecule has 0 aliphatic rings. The molecule has 3 atom stereocenters. The van der Waals surface area contributed by atoms with Crippen LogP contribution in [0.4, 0.5) is 4.79 Å². The minimum atomic E-state index is -4.03. The summed E-state index contributed by atoms with van der Waals surface area (Å²) in [6, 6.07) is 8.87. The first-order valence-electron chi connectivity index (χ1n) is 12.0. The third-order valence-corrected chi connectivity index (χ3v) is 8.07. The Morgan fingerprint density at radius 3 is 2.45 bits per heavy atom. The standard InChI is InChI=1S/C25H31Cl2N4O5PS/c1-5-16(4)36-37(33,34)14-29-25(32)35-21(10-17-6-8-28-9-7-17)23-30-22(15(2)3)24(31-23)38-20-12-18(26)11-19(27)13-20/h6-9,11-13,15-16,21H,5,10,14H2,1-4H3,(H,29,32)(H,30,31)(H,33,34). The van der Waals surface area contributed by atoms with E-state index in [0.29, 0.717) is 33.7 Å². The molecule has 3 unspecified atom stereocenters. The molecular weight excluding hydrogens is 570 g/mol. The zero-order valence-corrected chi connectivity index (χ0v) is 24.7. The highest BCUT2D eigenvalue weighted by molar-refractivity contribution is 7.99. The van der Waals surface area contributed by atoms with Crippen LogP contribution in [0.15, 0.2) is 52.6 Å². The number of halogens is 2. The molecule has 2 aromatic heterocycles. The van der Waals surface area contributed by atoms with Gasteiger partial charge >= 0.3 is 13.7 Å². The van der Waals surface area contributed by atoms with E-state index in [1.54, 1.807) is 37.5 Å². The summed E-state index contributed by atoms with van der Waals surface area (Å²) in [5.74, 6) is 0.515. The summed E-state index contributed by atoms with van der Waals surface area (Å²) in [5, 5.41) is 4.06. The number of carbonyl (C=O) groups is 1. The van der Waals surface area contributed by atoms with Gasteiger partial charge in [0, 0.05) is 33.8 Å². The number of pyridine rings is 1. The van der Waals surface area contributed by atoms with Crippen molar-refractivity contribution < 1.29 is 23.5 Å². The number of nitrogens with zero attached hydrogens (tertiary/aromatic N) is 2. The largest absolute Gasteiger partial charge is 0.438 e. The second-order valence-corrected chi connectivity index (χ2v) is 12.7. The van der Waals surface area contributed by atoms with Crippen molar-refractivity contribution in [3.63, 3.8) is 0 Å². The van der Waals surface area contributed by atoms with E-state index in [4.69, 9.17) is 37.4 Å². The summed E-state index contributed by atoms with van der Waals surface area (Å²) in [6.07, 6.45) is 1.45. The van der Waals surface area contributed by atoms with Gasteiger partial charge in [0.15, 0.2) is 6.10 Å². The van der Waals surface area contributed by atoms with Crippen molar-refractivity contribution in [2.75, 3.05) is 6.29 Å². The van der Waals surface area contributed by atoms with Gasteiger partial charge in [-0.2, -0.15) is 0 Å². The summed E-state index contributed by atoms with van der Waals surface area (Å²) in [5.41, 5.74) is 1.72. The van der Waals surface area contributed by atoms with Crippen LogP contribution in [0.25, 0.3) is 0 Å². The van der Waals surface area contributed by atoms with Crippen LogP contribution in [0, 0.1) is 0 Å². The van der Waals surface area contributed by atoms with Crippen molar-refractivity contribution in [1.82, 2.24) is 20.3 Å². The van der Waals surface area contributed by atoms with Crippen molar-refractivity contribution in [1.29, 1.82) is 0 Å². The molecule has 13 heteroatoms. The number of alkyl carbamates (subject to hydrolysis) is 1. The van der Waals surface area contributed by atoms with Gasteiger partial charge in [-0.25, -0.2) is 9.78 Å². The van der Waals surface area contributed by atoms with Gasteiger partial charge in [0.05, 0.1) is 11.8 Å². The molecule has 2 heterocycles. The minimum absolute atomic E-state index is 0.0850. The molecule has 3 N–H and O–H groups in total. The molecule has 0 radical (unpaired) electrons. The molecule has 3 rings (SSSR count). The summed E-state index contributed by atoms with van der Waals surface area (Å²) >= 11 is 13.7. The smallest absolute Gasteiger partial charge is 0.408 e. The molecule has 1 amide bonds. The van der Waals surface area contributed by atoms with E-state index in [0.717, 1.165) is 16.2 Å². The maximum absolute atomic E-state index is 12.7. The Morgan fingerprint density at radius 1 is 1.18 bits per heavy atom. The Kier molecular flexibility index (Phi) is 11.1. The first-order valence-corrected chi connectivity index (χ1v) is 15.4. The van der Waals surface area contributed by atoms with E-state index >= 15 is 0 Å². The number of H-pyrrole nitrogens is 1. The SMILES string of the molecule is CCC(C)OP(=O)(O)CNC(=O)OC(Cc1ccncc1)c1nc(Sc2cc(Cl)cc(Cl)c2)c(C(C)C)[nH]1. The first-order chi connectivity index (χ1) is 18.0. The molecule has 3 aromatic rings. The number of carbonyl (C=O) groups excluding carboxylic acids is 1. The van der Waals surface area contributed by atoms with Gasteiger partial charge in [-0.15, -0.1) is 0 Å². The van der Waals surface area contributed by atoms with E-state index in [1.165, 1.54) is 11.8 Å². The Morgan fingerprint density at radius 2 is 1.84 bits per heavy atom. The molecule has 0 saturated heterocycles. The molecule has 9 nitrogen and oxygen atoms in total. The Balaban J connectivity index is 1.85. The predicted molar refractivity (Wildman–Crippen MR) is 149 cm³/mol. The van der Waals surface area contributed by atoms with Crippen molar-refractivity contribution in [2.24, 2.45) is 0 Å². The summed E-state index contributed by atoms with van der Waals surface area (Å²) in [6.45, 7) is 7.56. The molecule has 0 bridgehead atoms. The number of rotatable bonds is 12. The van der Waals surface area contributed by atoms with E-state index in [2.05, 4.69) is 15.3 Å². The third-order valence-electron chi connectivity index (χ3n) is 5.41. The number of amides is 1. The van der Waals surface area contributed by atoms with E-state index in [-0.39, 0.29) is 5.92 Å². The minimum Gasteiger partial charge on any atom is -0.438 e. The van der Waals surface area contributed by atoms with Crippen LogP contribution < -0.4 is 5.32 Å². The molecule has 1 aromatic carbocycles.